The highest BCUT2D eigenvalue weighted by Crippen LogP contribution is 2.14. The molecule has 0 radical (unpaired) electrons. The first-order chi connectivity index (χ1) is 8.86. The molecule has 0 heterocycles. The molecule has 98 valence electrons. The number of nitrogens with zero attached hydrogens (tertiary/aromatic N) is 1. The molecule has 0 bridgehead atoms. The molecule has 0 saturated heterocycles. The number of thiocyanates is 1. The van der Waals surface area contributed by atoms with E-state index in [2.05, 4.69) is 24.5 Å². The minimum absolute atomic E-state index is 0.812. The number of hydrogen-bond acceptors (Lipinski definition) is 3. The number of hydrogen-bond donors (Lipinski definition) is 0. The van der Waals surface area contributed by atoms with Gasteiger partial charge >= 0.3 is 0 Å². The summed E-state index contributed by atoms with van der Waals surface area (Å²) in [4.78, 5) is 0. The number of ether oxygens (including phenoxy) is 1. The van der Waals surface area contributed by atoms with Gasteiger partial charge in [0, 0.05) is 5.75 Å². The molecular formula is C15H21NOS. The third kappa shape index (κ3) is 6.56. The van der Waals surface area contributed by atoms with Crippen molar-refractivity contribution >= 4 is 11.8 Å². The first-order valence-corrected chi connectivity index (χ1v) is 7.58. The molecule has 0 unspecified atom stereocenters. The van der Waals surface area contributed by atoms with Crippen LogP contribution in [0.25, 0.3) is 0 Å². The van der Waals surface area contributed by atoms with Crippen molar-refractivity contribution < 1.29 is 4.74 Å². The molecular weight excluding hydrogens is 242 g/mol. The highest BCUT2D eigenvalue weighted by atomic mass is 32.2. The minimum Gasteiger partial charge on any atom is -0.494 e. The third-order valence-corrected chi connectivity index (χ3v) is 3.34. The largest absolute Gasteiger partial charge is 0.494 e. The van der Waals surface area contributed by atoms with Crippen LogP contribution in [0.5, 0.6) is 5.75 Å². The molecule has 0 spiro atoms. The standard InChI is InChI=1S/C15H21NOS/c1-2-3-4-11-17-15-9-7-14(8-10-15)6-5-12-18-13-16/h7-10H,2-6,11-12H2,1H3. The first-order valence-electron chi connectivity index (χ1n) is 6.59. The molecule has 1 aromatic rings. The molecule has 0 aliphatic heterocycles. The van der Waals surface area contributed by atoms with Crippen LogP contribution in [0.4, 0.5) is 0 Å². The van der Waals surface area contributed by atoms with Gasteiger partial charge in [0.05, 0.1) is 6.61 Å². The summed E-state index contributed by atoms with van der Waals surface area (Å²) < 4.78 is 5.66. The Bertz CT molecular complexity index is 356. The fourth-order valence-electron chi connectivity index (χ4n) is 1.69. The molecule has 0 N–H and O–H groups in total. The first kappa shape index (κ1) is 14.9. The predicted octanol–water partition coefficient (Wildman–Crippen LogP) is 4.40. The summed E-state index contributed by atoms with van der Waals surface area (Å²) >= 11 is 1.33. The number of aryl methyl sites for hydroxylation is 1. The summed E-state index contributed by atoms with van der Waals surface area (Å²) in [6.07, 6.45) is 5.67. The number of thioether (sulfide) groups is 1. The molecule has 0 fully saturated rings. The lowest BCUT2D eigenvalue weighted by Crippen LogP contribution is -1.97. The van der Waals surface area contributed by atoms with E-state index < -0.39 is 0 Å². The monoisotopic (exact) mass is 263 g/mol. The molecule has 18 heavy (non-hydrogen) atoms. The van der Waals surface area contributed by atoms with Crippen molar-refractivity contribution in [2.45, 2.75) is 39.0 Å². The molecule has 1 rings (SSSR count). The summed E-state index contributed by atoms with van der Waals surface area (Å²) in [6, 6.07) is 8.32. The molecule has 2 nitrogen and oxygen atoms in total. The molecule has 3 heteroatoms. The van der Waals surface area contributed by atoms with Gasteiger partial charge in [0.15, 0.2) is 0 Å². The van der Waals surface area contributed by atoms with Crippen LogP contribution < -0.4 is 4.74 Å². The molecule has 1 aromatic carbocycles. The zero-order chi connectivity index (χ0) is 13.1. The van der Waals surface area contributed by atoms with Crippen molar-refractivity contribution in [1.29, 1.82) is 5.26 Å². The van der Waals surface area contributed by atoms with Crippen LogP contribution in [-0.4, -0.2) is 12.4 Å². The van der Waals surface area contributed by atoms with Gasteiger partial charge in [0.2, 0.25) is 0 Å². The second kappa shape index (κ2) is 9.85. The highest BCUT2D eigenvalue weighted by molar-refractivity contribution is 8.03. The van der Waals surface area contributed by atoms with Gasteiger partial charge in [0.25, 0.3) is 0 Å². The minimum atomic E-state index is 0.812. The zero-order valence-corrected chi connectivity index (χ0v) is 11.8. The molecule has 0 saturated carbocycles. The van der Waals surface area contributed by atoms with Crippen LogP contribution in [-0.2, 0) is 6.42 Å². The van der Waals surface area contributed by atoms with Crippen molar-refractivity contribution in [2.24, 2.45) is 0 Å². The second-order valence-corrected chi connectivity index (χ2v) is 5.12. The Balaban J connectivity index is 2.23. The SMILES string of the molecule is CCCCCOc1ccc(CCCSC#N)cc1. The van der Waals surface area contributed by atoms with Crippen LogP contribution in [0, 0.1) is 10.7 Å². The topological polar surface area (TPSA) is 33.0 Å². The maximum absolute atomic E-state index is 8.42. The predicted molar refractivity (Wildman–Crippen MR) is 77.9 cm³/mol. The van der Waals surface area contributed by atoms with Gasteiger partial charge in [-0.05, 0) is 48.7 Å². The van der Waals surface area contributed by atoms with E-state index in [1.165, 1.54) is 30.2 Å². The highest BCUT2D eigenvalue weighted by Gasteiger charge is 1.96. The van der Waals surface area contributed by atoms with E-state index in [9.17, 15) is 0 Å². The summed E-state index contributed by atoms with van der Waals surface area (Å²) in [6.45, 7) is 3.01. The summed E-state index contributed by atoms with van der Waals surface area (Å²) in [5.74, 6) is 1.87. The maximum atomic E-state index is 8.42. The Morgan fingerprint density at radius 2 is 1.94 bits per heavy atom. The van der Waals surface area contributed by atoms with E-state index in [0.29, 0.717) is 0 Å². The third-order valence-electron chi connectivity index (χ3n) is 2.72. The molecule has 0 aliphatic carbocycles. The zero-order valence-electron chi connectivity index (χ0n) is 11.0. The van der Waals surface area contributed by atoms with Crippen molar-refractivity contribution in [3.8, 4) is 11.2 Å². The van der Waals surface area contributed by atoms with E-state index in [1.54, 1.807) is 0 Å². The van der Waals surface area contributed by atoms with Crippen LogP contribution >= 0.6 is 11.8 Å². The van der Waals surface area contributed by atoms with Crippen LogP contribution in [0.2, 0.25) is 0 Å². The maximum Gasteiger partial charge on any atom is 0.133 e. The van der Waals surface area contributed by atoms with Gasteiger partial charge in [-0.2, -0.15) is 5.26 Å². The molecule has 0 amide bonds. The summed E-state index contributed by atoms with van der Waals surface area (Å²) in [5, 5.41) is 10.5. The lowest BCUT2D eigenvalue weighted by molar-refractivity contribution is 0.306. The van der Waals surface area contributed by atoms with E-state index in [4.69, 9.17) is 10.00 Å². The van der Waals surface area contributed by atoms with E-state index in [-0.39, 0.29) is 0 Å². The van der Waals surface area contributed by atoms with Gasteiger partial charge < -0.3 is 4.74 Å². The molecule has 0 atom stereocenters. The van der Waals surface area contributed by atoms with Crippen LogP contribution in [0.1, 0.15) is 38.2 Å². The van der Waals surface area contributed by atoms with E-state index >= 15 is 0 Å². The van der Waals surface area contributed by atoms with Gasteiger partial charge in [-0.3, -0.25) is 0 Å². The Labute approximate surface area is 114 Å². The van der Waals surface area contributed by atoms with E-state index in [0.717, 1.165) is 37.4 Å². The normalized spacial score (nSPS) is 10.0. The van der Waals surface area contributed by atoms with Gasteiger partial charge in [0.1, 0.15) is 11.2 Å². The Morgan fingerprint density at radius 3 is 2.61 bits per heavy atom. The van der Waals surface area contributed by atoms with Crippen molar-refractivity contribution in [3.05, 3.63) is 29.8 Å². The summed E-state index contributed by atoms with van der Waals surface area (Å²) in [7, 11) is 0. The lowest BCUT2D eigenvalue weighted by Gasteiger charge is -2.06. The molecule has 0 aliphatic rings. The average Bonchev–Trinajstić information content (AvgIpc) is 2.41. The van der Waals surface area contributed by atoms with Crippen LogP contribution in [0.3, 0.4) is 0 Å². The lowest BCUT2D eigenvalue weighted by atomic mass is 10.1. The molecule has 0 aromatic heterocycles. The van der Waals surface area contributed by atoms with Crippen LogP contribution in [0.15, 0.2) is 24.3 Å². The van der Waals surface area contributed by atoms with Crippen molar-refractivity contribution in [3.63, 3.8) is 0 Å². The van der Waals surface area contributed by atoms with Gasteiger partial charge in [-0.1, -0.05) is 31.9 Å². The smallest absolute Gasteiger partial charge is 0.133 e. The quantitative estimate of drug-likeness (QED) is 0.489. The fourth-order valence-corrected chi connectivity index (χ4v) is 2.07. The Hall–Kier alpha value is -1.14. The summed E-state index contributed by atoms with van der Waals surface area (Å²) in [5.41, 5.74) is 1.31. The number of benzene rings is 1. The number of nitriles is 1. The second-order valence-electron chi connectivity index (χ2n) is 4.24. The van der Waals surface area contributed by atoms with Gasteiger partial charge in [-0.25, -0.2) is 0 Å². The van der Waals surface area contributed by atoms with Crippen molar-refractivity contribution in [2.75, 3.05) is 12.4 Å². The fraction of sp³-hybridized carbons (Fsp3) is 0.533. The van der Waals surface area contributed by atoms with E-state index in [1.807, 2.05) is 12.1 Å². The number of rotatable bonds is 9. The average molecular weight is 263 g/mol. The Morgan fingerprint density at radius 1 is 1.17 bits per heavy atom. The number of unbranched alkanes of at least 4 members (excludes halogenated alkanes) is 2. The Kier molecular flexibility index (Phi) is 8.16. The van der Waals surface area contributed by atoms with Crippen molar-refractivity contribution in [1.82, 2.24) is 0 Å². The van der Waals surface area contributed by atoms with Gasteiger partial charge in [-0.15, -0.1) is 0 Å².